The van der Waals surface area contributed by atoms with E-state index in [0.29, 0.717) is 13.2 Å². The Balaban J connectivity index is 1.97. The number of epoxide rings is 1. The monoisotopic (exact) mass is 316 g/mol. The SMILES string of the molecule is CC=CC=CC(=O)OCC(O)COCC(O)COCC1CO1. The van der Waals surface area contributed by atoms with E-state index < -0.39 is 18.2 Å². The summed E-state index contributed by atoms with van der Waals surface area (Å²) in [6, 6.07) is 0. The minimum Gasteiger partial charge on any atom is -0.460 e. The zero-order valence-corrected chi connectivity index (χ0v) is 12.7. The second kappa shape index (κ2) is 11.3. The molecule has 0 aliphatic carbocycles. The molecule has 7 heteroatoms. The number of esters is 1. The topological polar surface area (TPSA) is 97.8 Å². The summed E-state index contributed by atoms with van der Waals surface area (Å²) in [5.41, 5.74) is 0. The Labute approximate surface area is 130 Å². The van der Waals surface area contributed by atoms with Crippen molar-refractivity contribution in [2.24, 2.45) is 0 Å². The van der Waals surface area contributed by atoms with Gasteiger partial charge in [0.05, 0.1) is 33.0 Å². The van der Waals surface area contributed by atoms with Crippen LogP contribution in [-0.4, -0.2) is 74.1 Å². The van der Waals surface area contributed by atoms with Gasteiger partial charge in [0.25, 0.3) is 0 Å². The van der Waals surface area contributed by atoms with E-state index >= 15 is 0 Å². The number of hydrogen-bond acceptors (Lipinski definition) is 7. The van der Waals surface area contributed by atoms with Gasteiger partial charge in [-0.15, -0.1) is 0 Å². The summed E-state index contributed by atoms with van der Waals surface area (Å²) < 4.78 is 20.1. The van der Waals surface area contributed by atoms with Crippen LogP contribution >= 0.6 is 0 Å². The summed E-state index contributed by atoms with van der Waals surface area (Å²) in [5, 5.41) is 19.1. The summed E-state index contributed by atoms with van der Waals surface area (Å²) in [6.45, 7) is 3.01. The zero-order chi connectivity index (χ0) is 16.2. The molecule has 0 spiro atoms. The molecular formula is C15H24O7. The average molecular weight is 316 g/mol. The molecule has 1 aliphatic rings. The molecule has 0 saturated carbocycles. The third-order valence-corrected chi connectivity index (χ3v) is 2.59. The van der Waals surface area contributed by atoms with Crippen LogP contribution < -0.4 is 0 Å². The van der Waals surface area contributed by atoms with E-state index in [4.69, 9.17) is 18.9 Å². The van der Waals surface area contributed by atoms with Crippen molar-refractivity contribution in [1.29, 1.82) is 0 Å². The van der Waals surface area contributed by atoms with Crippen molar-refractivity contribution in [1.82, 2.24) is 0 Å². The quantitative estimate of drug-likeness (QED) is 0.223. The lowest BCUT2D eigenvalue weighted by Crippen LogP contribution is -2.28. The highest BCUT2D eigenvalue weighted by Gasteiger charge is 2.22. The lowest BCUT2D eigenvalue weighted by Gasteiger charge is -2.14. The van der Waals surface area contributed by atoms with E-state index in [1.54, 1.807) is 18.2 Å². The molecule has 3 unspecified atom stereocenters. The average Bonchev–Trinajstić information content (AvgIpc) is 3.29. The van der Waals surface area contributed by atoms with Crippen molar-refractivity contribution in [3.63, 3.8) is 0 Å². The number of carbonyl (C=O) groups excluding carboxylic acids is 1. The maximum atomic E-state index is 11.2. The number of aliphatic hydroxyl groups is 2. The van der Waals surface area contributed by atoms with Gasteiger partial charge in [-0.05, 0) is 6.92 Å². The molecule has 1 heterocycles. The summed E-state index contributed by atoms with van der Waals surface area (Å²) in [5.74, 6) is -0.534. The lowest BCUT2D eigenvalue weighted by atomic mass is 10.4. The van der Waals surface area contributed by atoms with Gasteiger partial charge >= 0.3 is 5.97 Å². The highest BCUT2D eigenvalue weighted by molar-refractivity contribution is 5.82. The van der Waals surface area contributed by atoms with Gasteiger partial charge in [-0.1, -0.05) is 18.2 Å². The summed E-state index contributed by atoms with van der Waals surface area (Å²) in [4.78, 5) is 11.2. The van der Waals surface area contributed by atoms with Crippen LogP contribution in [-0.2, 0) is 23.7 Å². The summed E-state index contributed by atoms with van der Waals surface area (Å²) >= 11 is 0. The van der Waals surface area contributed by atoms with Gasteiger partial charge in [0.15, 0.2) is 0 Å². The van der Waals surface area contributed by atoms with Crippen LogP contribution in [0.1, 0.15) is 6.92 Å². The molecule has 3 atom stereocenters. The molecule has 2 N–H and O–H groups in total. The summed E-state index contributed by atoms with van der Waals surface area (Å²) in [6.07, 6.45) is 4.74. The lowest BCUT2D eigenvalue weighted by molar-refractivity contribution is -0.142. The van der Waals surface area contributed by atoms with Crippen LogP contribution in [0.4, 0.5) is 0 Å². The zero-order valence-electron chi connectivity index (χ0n) is 12.7. The van der Waals surface area contributed by atoms with E-state index in [1.165, 1.54) is 6.08 Å². The first-order chi connectivity index (χ1) is 10.6. The first-order valence-corrected chi connectivity index (χ1v) is 7.21. The number of allylic oxidation sites excluding steroid dienone is 3. The molecule has 0 aromatic carbocycles. The van der Waals surface area contributed by atoms with Crippen molar-refractivity contribution in [3.8, 4) is 0 Å². The number of ether oxygens (including phenoxy) is 4. The number of rotatable bonds is 12. The van der Waals surface area contributed by atoms with Gasteiger partial charge in [-0.25, -0.2) is 4.79 Å². The number of carbonyl (C=O) groups is 1. The fourth-order valence-electron chi connectivity index (χ4n) is 1.41. The van der Waals surface area contributed by atoms with Crippen LogP contribution in [0, 0.1) is 0 Å². The smallest absolute Gasteiger partial charge is 0.330 e. The van der Waals surface area contributed by atoms with Crippen molar-refractivity contribution < 1.29 is 34.0 Å². The summed E-state index contributed by atoms with van der Waals surface area (Å²) in [7, 11) is 0. The highest BCUT2D eigenvalue weighted by Crippen LogP contribution is 2.08. The first-order valence-electron chi connectivity index (χ1n) is 7.21. The molecule has 0 aromatic heterocycles. The minimum atomic E-state index is -0.938. The fraction of sp³-hybridized carbons (Fsp3) is 0.667. The molecule has 0 aromatic rings. The van der Waals surface area contributed by atoms with Gasteiger partial charge in [0, 0.05) is 6.08 Å². The van der Waals surface area contributed by atoms with Crippen molar-refractivity contribution >= 4 is 5.97 Å². The molecule has 1 rings (SSSR count). The van der Waals surface area contributed by atoms with Crippen LogP contribution in [0.5, 0.6) is 0 Å². The van der Waals surface area contributed by atoms with Crippen LogP contribution in [0.2, 0.25) is 0 Å². The first kappa shape index (κ1) is 18.8. The van der Waals surface area contributed by atoms with E-state index in [1.807, 2.05) is 6.92 Å². The van der Waals surface area contributed by atoms with E-state index in [2.05, 4.69) is 0 Å². The van der Waals surface area contributed by atoms with Crippen LogP contribution in [0.3, 0.4) is 0 Å². The third-order valence-electron chi connectivity index (χ3n) is 2.59. The molecule has 1 aliphatic heterocycles. The Bertz CT molecular complexity index is 363. The van der Waals surface area contributed by atoms with Gasteiger partial charge in [0.2, 0.25) is 0 Å². The van der Waals surface area contributed by atoms with Crippen LogP contribution in [0.15, 0.2) is 24.3 Å². The Morgan fingerprint density at radius 2 is 1.82 bits per heavy atom. The fourth-order valence-corrected chi connectivity index (χ4v) is 1.41. The Hall–Kier alpha value is -1.25. The van der Waals surface area contributed by atoms with E-state index in [9.17, 15) is 15.0 Å². The molecule has 1 saturated heterocycles. The van der Waals surface area contributed by atoms with Gasteiger partial charge in [0.1, 0.15) is 24.9 Å². The third kappa shape index (κ3) is 10.5. The number of hydrogen-bond donors (Lipinski definition) is 2. The second-order valence-corrected chi connectivity index (χ2v) is 4.85. The second-order valence-electron chi connectivity index (χ2n) is 4.85. The molecule has 0 amide bonds. The molecule has 22 heavy (non-hydrogen) atoms. The highest BCUT2D eigenvalue weighted by atomic mass is 16.6. The molecule has 0 radical (unpaired) electrons. The Kier molecular flexibility index (Phi) is 9.69. The largest absolute Gasteiger partial charge is 0.460 e. The van der Waals surface area contributed by atoms with Crippen LogP contribution in [0.25, 0.3) is 0 Å². The Morgan fingerprint density at radius 1 is 1.18 bits per heavy atom. The van der Waals surface area contributed by atoms with Crippen molar-refractivity contribution in [2.45, 2.75) is 25.2 Å². The predicted molar refractivity (Wildman–Crippen MR) is 78.3 cm³/mol. The molecule has 1 fully saturated rings. The van der Waals surface area contributed by atoms with Gasteiger partial charge in [-0.3, -0.25) is 0 Å². The van der Waals surface area contributed by atoms with E-state index in [0.717, 1.165) is 0 Å². The Morgan fingerprint density at radius 3 is 2.45 bits per heavy atom. The standard InChI is InChI=1S/C15H24O7/c1-2-3-4-5-15(18)22-9-13(17)8-19-6-12(16)7-20-10-14-11-21-14/h2-5,12-14,16-17H,6-11H2,1H3. The maximum absolute atomic E-state index is 11.2. The molecule has 7 nitrogen and oxygen atoms in total. The molecule has 126 valence electrons. The van der Waals surface area contributed by atoms with Crippen molar-refractivity contribution in [2.75, 3.05) is 39.6 Å². The number of aliphatic hydroxyl groups excluding tert-OH is 2. The molecular weight excluding hydrogens is 292 g/mol. The predicted octanol–water partition coefficient (Wildman–Crippen LogP) is -0.184. The maximum Gasteiger partial charge on any atom is 0.330 e. The minimum absolute atomic E-state index is 0.0331. The van der Waals surface area contributed by atoms with Gasteiger partial charge in [-0.2, -0.15) is 0 Å². The van der Waals surface area contributed by atoms with Gasteiger partial charge < -0.3 is 29.2 Å². The van der Waals surface area contributed by atoms with E-state index in [-0.39, 0.29) is 32.5 Å². The normalized spacial score (nSPS) is 20.4. The molecule has 0 bridgehead atoms. The van der Waals surface area contributed by atoms with Crippen molar-refractivity contribution in [3.05, 3.63) is 24.3 Å².